The van der Waals surface area contributed by atoms with Crippen LogP contribution in [0.1, 0.15) is 156 Å². The van der Waals surface area contributed by atoms with Gasteiger partial charge in [-0.2, -0.15) is 0 Å². The van der Waals surface area contributed by atoms with Crippen molar-refractivity contribution in [3.63, 3.8) is 0 Å². The number of nitrogens with one attached hydrogen (secondary N) is 10. The molecule has 12 aliphatic rings. The lowest BCUT2D eigenvalue weighted by molar-refractivity contribution is -0.333. The Morgan fingerprint density at radius 2 is 1.32 bits per heavy atom. The van der Waals surface area contributed by atoms with Crippen LogP contribution < -0.4 is 73.1 Å². The Balaban J connectivity index is 0.968. The predicted molar refractivity (Wildman–Crippen MR) is 411 cm³/mol. The number of rotatable bonds is 15. The van der Waals surface area contributed by atoms with Crippen LogP contribution in [0.25, 0.3) is 11.1 Å². The Hall–Kier alpha value is -10.0. The van der Waals surface area contributed by atoms with Crippen LogP contribution in [0.2, 0.25) is 5.02 Å². The van der Waals surface area contributed by atoms with Crippen molar-refractivity contribution in [2.75, 3.05) is 13.7 Å². The van der Waals surface area contributed by atoms with Crippen LogP contribution in [-0.2, 0) is 52.6 Å². The van der Waals surface area contributed by atoms with Gasteiger partial charge in [0.1, 0.15) is 95.5 Å². The maximum atomic E-state index is 16.5. The molecule has 7 heterocycles. The summed E-state index contributed by atoms with van der Waals surface area (Å²) < 4.78 is 39.2. The first-order valence-corrected chi connectivity index (χ1v) is 39.6. The first-order valence-electron chi connectivity index (χ1n) is 39.3. The molecular weight excluding hydrogens is 1550 g/mol. The van der Waals surface area contributed by atoms with E-state index in [2.05, 4.69) is 53.2 Å². The van der Waals surface area contributed by atoms with Gasteiger partial charge >= 0.3 is 6.03 Å². The molecule has 7 fully saturated rings. The van der Waals surface area contributed by atoms with Crippen LogP contribution in [0.5, 0.6) is 46.0 Å². The number of imide groups is 1. The molecule has 0 unspecified atom stereocenters. The highest BCUT2D eigenvalue weighted by Crippen LogP contribution is 2.55. The first-order chi connectivity index (χ1) is 55.6. The number of aromatic hydroxyl groups is 3. The van der Waals surface area contributed by atoms with Crippen LogP contribution in [0.4, 0.5) is 4.79 Å². The lowest BCUT2D eigenvalue weighted by Gasteiger charge is -2.54. The molecule has 21 N–H and O–H groups in total. The van der Waals surface area contributed by atoms with E-state index in [4.69, 9.17) is 45.8 Å². The average molecular weight is 1650 g/mol. The number of hydrogen-bond donors (Lipinski definition) is 20. The Labute approximate surface area is 676 Å². The highest BCUT2D eigenvalue weighted by Gasteiger charge is 2.53. The Bertz CT molecular complexity index is 4690. The van der Waals surface area contributed by atoms with E-state index in [1.807, 2.05) is 13.8 Å². The number of carbonyl (C=O) groups excluding carboxylic acids is 9. The van der Waals surface area contributed by atoms with Gasteiger partial charge in [0, 0.05) is 41.2 Å². The maximum Gasteiger partial charge on any atom is 0.321 e. The minimum Gasteiger partial charge on any atom is -0.508 e. The first kappa shape index (κ1) is 83.5. The number of urea groups is 1. The molecule has 10 amide bonds. The van der Waals surface area contributed by atoms with Gasteiger partial charge in [-0.05, 0) is 197 Å². The third-order valence-corrected chi connectivity index (χ3v) is 24.0. The lowest BCUT2D eigenvalue weighted by Crippen LogP contribution is -2.64. The Morgan fingerprint density at radius 3 is 1.97 bits per heavy atom. The molecule has 0 aromatic heterocycles. The highest BCUT2D eigenvalue weighted by molar-refractivity contribution is 6.32. The number of amides is 10. The molecule has 5 saturated carbocycles. The van der Waals surface area contributed by atoms with E-state index < -0.39 is 216 Å². The molecule has 5 aliphatic carbocycles. The second-order valence-corrected chi connectivity index (χ2v) is 33.4. The molecular formula is C81H98ClN11O24. The van der Waals surface area contributed by atoms with Gasteiger partial charge in [0.05, 0.1) is 36.3 Å². The number of halogens is 1. The van der Waals surface area contributed by atoms with Crippen molar-refractivity contribution >= 4 is 64.9 Å². The summed E-state index contributed by atoms with van der Waals surface area (Å²) in [6.45, 7) is 7.27. The van der Waals surface area contributed by atoms with Gasteiger partial charge in [0.2, 0.25) is 59.3 Å². The number of aliphatic hydroxyl groups excluding tert-OH is 6. The van der Waals surface area contributed by atoms with Crippen LogP contribution >= 0.6 is 11.6 Å². The van der Waals surface area contributed by atoms with Crippen molar-refractivity contribution < 1.29 is 118 Å². The number of phenolic OH excluding ortho intramolecular Hbond substituents is 3. The number of benzene rings is 5. The Kier molecular flexibility index (Phi) is 24.1. The minimum absolute atomic E-state index is 0.0449. The maximum absolute atomic E-state index is 16.5. The van der Waals surface area contributed by atoms with Gasteiger partial charge in [-0.15, -0.1) is 0 Å². The van der Waals surface area contributed by atoms with E-state index in [1.54, 1.807) is 0 Å². The van der Waals surface area contributed by atoms with Gasteiger partial charge in [-0.3, -0.25) is 43.7 Å². The number of aryl methyl sites for hydroxylation is 1. The van der Waals surface area contributed by atoms with Crippen LogP contribution in [0.15, 0.2) is 78.9 Å². The fourth-order valence-corrected chi connectivity index (χ4v) is 17.9. The number of nitrogens with two attached hydrogens (primary N) is 1. The molecule has 628 valence electrons. The summed E-state index contributed by atoms with van der Waals surface area (Å²) in [6.07, 6.45) is -12.8. The summed E-state index contributed by atoms with van der Waals surface area (Å²) in [5, 5.41) is 133. The molecule has 0 spiro atoms. The van der Waals surface area contributed by atoms with Crippen molar-refractivity contribution in [1.82, 2.24) is 53.2 Å². The van der Waals surface area contributed by atoms with Crippen LogP contribution in [0.3, 0.4) is 0 Å². The molecule has 7 aliphatic heterocycles. The summed E-state index contributed by atoms with van der Waals surface area (Å²) in [7, 11) is 1.50. The zero-order valence-corrected chi connectivity index (χ0v) is 65.5. The number of likely N-dealkylation sites (N-methyl/N-ethyl adjacent to an activating group) is 1. The Morgan fingerprint density at radius 1 is 0.684 bits per heavy atom. The van der Waals surface area contributed by atoms with E-state index >= 15 is 28.8 Å². The fraction of sp³-hybridized carbons (Fsp3) is 0.519. The van der Waals surface area contributed by atoms with Gasteiger partial charge in [0.15, 0.2) is 23.9 Å². The summed E-state index contributed by atoms with van der Waals surface area (Å²) in [5.74, 6) is -12.7. The second kappa shape index (κ2) is 33.8. The largest absolute Gasteiger partial charge is 0.508 e. The van der Waals surface area contributed by atoms with Gasteiger partial charge in [-0.25, -0.2) is 4.79 Å². The normalized spacial score (nSPS) is 32.3. The summed E-state index contributed by atoms with van der Waals surface area (Å²) in [6, 6.07) is -0.365. The quantitative estimate of drug-likeness (QED) is 0.0714. The van der Waals surface area contributed by atoms with Crippen molar-refractivity contribution in [1.29, 1.82) is 0 Å². The van der Waals surface area contributed by atoms with Crippen molar-refractivity contribution in [3.05, 3.63) is 117 Å². The standard InChI is InChI=1S/C81H98ClN11O24/c1-31(2)15-47(84-6)72(104)92-63-65(99)37-8-13-51(32(3)16-37)113-53-24-41-25-54(69(53)117-79-70(68(102)67(101)55(30-94)115-79)116-57-29-81(5,83)71(103)33(4)112-57)114-52-14-9-38(23-46(52)82)66(100)64-78(110)91-62(76(108)88-59-39-18-34-17-35(20-39)21-40(59)19-34)45-26-43(95)27-50(97)58(45)44-22-36(7-12-49(44)96)60(74(106)93-64)90-75(107)61(41)89-73(105)48(86-77(63)109)28-56(98)87-80(111)85-42-10-11-42/h7-9,12-14,16,22-27,31,33-35,39-40,42,47-48,55,57,59-68,70-71,79,84,94-97,99-103H,10-11,15,17-21,28-30,83H2,1-6H3,(H,86,109)(H,88,108)(H,89,105)(H,90,107)(H,91,110)(H,92,104)(H,93,106)(H2,85,87,98,111)/t33-,34?,35?,39?,40?,47+,48-,55+,57-,59?,60+,61+,62-,63+,64-,65+,66+,67+,68-,70+,71+,79-,81-/m0/s1. The van der Waals surface area contributed by atoms with Gasteiger partial charge < -0.3 is 128 Å². The molecule has 2 saturated heterocycles. The van der Waals surface area contributed by atoms with E-state index in [-0.39, 0.29) is 98.1 Å². The van der Waals surface area contributed by atoms with Crippen LogP contribution in [-0.4, -0.2) is 204 Å². The summed E-state index contributed by atoms with van der Waals surface area (Å²) in [4.78, 5) is 137. The molecule has 18 atom stereocenters. The molecule has 35 nitrogen and oxygen atoms in total. The molecule has 5 aromatic carbocycles. The second-order valence-electron chi connectivity index (χ2n) is 33.0. The van der Waals surface area contributed by atoms with Crippen LogP contribution in [0, 0.1) is 36.5 Å². The molecule has 15 bridgehead atoms. The number of phenols is 3. The molecule has 17 rings (SSSR count). The predicted octanol–water partition coefficient (Wildman–Crippen LogP) is 2.12. The number of carbonyl (C=O) groups is 9. The smallest absolute Gasteiger partial charge is 0.321 e. The van der Waals surface area contributed by atoms with E-state index in [9.17, 15) is 60.3 Å². The number of fused-ring (bicyclic) bond motifs is 15. The zero-order valence-electron chi connectivity index (χ0n) is 64.7. The highest BCUT2D eigenvalue weighted by atomic mass is 35.5. The monoisotopic (exact) mass is 1640 g/mol. The van der Waals surface area contributed by atoms with Crippen molar-refractivity contribution in [3.8, 4) is 57.1 Å². The zero-order chi connectivity index (χ0) is 83.7. The third-order valence-electron chi connectivity index (χ3n) is 23.7. The topological polar surface area (TPSA) is 537 Å². The van der Waals surface area contributed by atoms with E-state index in [0.29, 0.717) is 24.7 Å². The third kappa shape index (κ3) is 17.6. The van der Waals surface area contributed by atoms with Gasteiger partial charge in [0.25, 0.3) is 0 Å². The molecule has 5 aromatic rings. The minimum atomic E-state index is -2.35. The number of ether oxygens (including phenoxy) is 6. The van der Waals surface area contributed by atoms with Gasteiger partial charge in [-0.1, -0.05) is 43.6 Å². The van der Waals surface area contributed by atoms with Crippen molar-refractivity contribution in [2.45, 2.75) is 220 Å². The number of aliphatic hydroxyl groups is 6. The van der Waals surface area contributed by atoms with Crippen molar-refractivity contribution in [2.24, 2.45) is 35.3 Å². The number of hydrogen-bond acceptors (Lipinski definition) is 26. The lowest BCUT2D eigenvalue weighted by atomic mass is 9.54. The van der Waals surface area contributed by atoms with E-state index in [0.717, 1.165) is 80.6 Å². The fourth-order valence-electron chi connectivity index (χ4n) is 17.7. The average Bonchev–Trinajstić information content (AvgIpc) is 1.64. The SMILES string of the molecule is CN[C@H](CC(C)C)C(=O)N[C@H]1C(=O)N[C@@H](CC(=O)NC(=O)NC2CC2)C(=O)N[C@H]2C(=O)N[C@H]3C(=O)N[C@H](C(=O)N[C@H](C(=O)NC4C5CC6CC(C5)CC4C6)c4cc(O)cc(O)c4-c4cc3ccc4O)[C@H](O)c3ccc(c(Cl)c3)Oc3cc2cc(c3O[C@@H]2O[C@H](CO)[C@@H](O)[C@H](O)[C@H]2O[C@H]2C[C@](C)(N)[C@H](O)[C@H](C)O2)Oc2ccc(cc2C)[C@H]1O. The molecule has 0 radical (unpaired) electrons. The molecule has 117 heavy (non-hydrogen) atoms. The summed E-state index contributed by atoms with van der Waals surface area (Å²) in [5.41, 5.74) is 3.39. The van der Waals surface area contributed by atoms with E-state index in [1.165, 1.54) is 58.2 Å². The molecule has 36 heteroatoms. The summed E-state index contributed by atoms with van der Waals surface area (Å²) >= 11 is 7.27.